The van der Waals surface area contributed by atoms with Gasteiger partial charge in [0.15, 0.2) is 0 Å². The van der Waals surface area contributed by atoms with Crippen LogP contribution in [0.25, 0.3) is 10.9 Å². The molecule has 2 nitrogen and oxygen atoms in total. The smallest absolute Gasteiger partial charge is 0.128 e. The lowest BCUT2D eigenvalue weighted by molar-refractivity contribution is 0.600. The summed E-state index contributed by atoms with van der Waals surface area (Å²) in [6.07, 6.45) is 1.56. The van der Waals surface area contributed by atoms with E-state index in [1.165, 1.54) is 6.07 Å². The van der Waals surface area contributed by atoms with Crippen LogP contribution in [0.1, 0.15) is 18.5 Å². The highest BCUT2D eigenvalue weighted by atomic mass is 79.9. The normalized spacial score (nSPS) is 12.4. The first-order valence-corrected chi connectivity index (χ1v) is 8.46. The first kappa shape index (κ1) is 16.5. The zero-order valence-electron chi connectivity index (χ0n) is 12.1. The van der Waals surface area contributed by atoms with E-state index in [1.807, 2.05) is 13.0 Å². The summed E-state index contributed by atoms with van der Waals surface area (Å²) in [5, 5.41) is 5.14. The molecule has 1 unspecified atom stereocenters. The molecule has 118 valence electrons. The molecular formula is C17H12BrCl2FN2. The first-order chi connectivity index (χ1) is 11.0. The van der Waals surface area contributed by atoms with Gasteiger partial charge < -0.3 is 5.32 Å². The van der Waals surface area contributed by atoms with Crippen LogP contribution in [0.15, 0.2) is 47.1 Å². The summed E-state index contributed by atoms with van der Waals surface area (Å²) < 4.78 is 14.7. The lowest BCUT2D eigenvalue weighted by Gasteiger charge is -2.19. The molecule has 1 aromatic heterocycles. The zero-order chi connectivity index (χ0) is 16.6. The number of pyridine rings is 1. The number of hydrogen-bond acceptors (Lipinski definition) is 2. The van der Waals surface area contributed by atoms with Crippen molar-refractivity contribution in [2.45, 2.75) is 13.0 Å². The van der Waals surface area contributed by atoms with Crippen LogP contribution in [0.2, 0.25) is 10.0 Å². The number of anilines is 1. The molecule has 0 saturated carbocycles. The van der Waals surface area contributed by atoms with Gasteiger partial charge in [-0.05, 0) is 41.1 Å². The van der Waals surface area contributed by atoms with E-state index in [0.717, 1.165) is 9.86 Å². The van der Waals surface area contributed by atoms with Crippen LogP contribution < -0.4 is 5.32 Å². The molecule has 1 atom stereocenters. The second kappa shape index (κ2) is 6.63. The number of halogens is 4. The Labute approximate surface area is 151 Å². The molecule has 0 aliphatic rings. The van der Waals surface area contributed by atoms with E-state index in [4.69, 9.17) is 23.2 Å². The van der Waals surface area contributed by atoms with Gasteiger partial charge in [0.25, 0.3) is 0 Å². The molecule has 0 spiro atoms. The first-order valence-electron chi connectivity index (χ1n) is 6.91. The van der Waals surface area contributed by atoms with Gasteiger partial charge in [0, 0.05) is 21.6 Å². The molecule has 0 fully saturated rings. The van der Waals surface area contributed by atoms with E-state index in [2.05, 4.69) is 26.2 Å². The van der Waals surface area contributed by atoms with Crippen molar-refractivity contribution in [2.75, 3.05) is 5.32 Å². The summed E-state index contributed by atoms with van der Waals surface area (Å²) in [7, 11) is 0. The minimum Gasteiger partial charge on any atom is -0.377 e. The number of rotatable bonds is 3. The zero-order valence-corrected chi connectivity index (χ0v) is 15.2. The molecule has 0 aliphatic heterocycles. The molecule has 3 rings (SSSR count). The van der Waals surface area contributed by atoms with Gasteiger partial charge >= 0.3 is 0 Å². The Bertz CT molecular complexity index is 886. The van der Waals surface area contributed by atoms with E-state index >= 15 is 0 Å². The van der Waals surface area contributed by atoms with E-state index in [9.17, 15) is 4.39 Å². The molecule has 1 heterocycles. The van der Waals surface area contributed by atoms with Crippen LogP contribution in [0.5, 0.6) is 0 Å². The monoisotopic (exact) mass is 412 g/mol. The van der Waals surface area contributed by atoms with Crippen LogP contribution in [-0.2, 0) is 0 Å². The van der Waals surface area contributed by atoms with Crippen LogP contribution in [-0.4, -0.2) is 4.98 Å². The van der Waals surface area contributed by atoms with Gasteiger partial charge in [-0.15, -0.1) is 0 Å². The fourth-order valence-corrected chi connectivity index (χ4v) is 3.14. The van der Waals surface area contributed by atoms with E-state index < -0.39 is 0 Å². The maximum Gasteiger partial charge on any atom is 0.128 e. The van der Waals surface area contributed by atoms with Crippen molar-refractivity contribution in [3.8, 4) is 0 Å². The van der Waals surface area contributed by atoms with Gasteiger partial charge in [-0.1, -0.05) is 41.4 Å². The van der Waals surface area contributed by atoms with Gasteiger partial charge in [0.1, 0.15) is 5.82 Å². The summed E-state index contributed by atoms with van der Waals surface area (Å²) in [6, 6.07) is 10.0. The van der Waals surface area contributed by atoms with Crippen molar-refractivity contribution < 1.29 is 4.39 Å². The van der Waals surface area contributed by atoms with Gasteiger partial charge in [0.05, 0.1) is 27.3 Å². The summed E-state index contributed by atoms with van der Waals surface area (Å²) in [4.78, 5) is 4.29. The van der Waals surface area contributed by atoms with Crippen molar-refractivity contribution in [3.05, 3.63) is 68.5 Å². The molecule has 23 heavy (non-hydrogen) atoms. The highest BCUT2D eigenvalue weighted by Gasteiger charge is 2.15. The SMILES string of the molecule is CC(Nc1c(Cl)cnc2cc(Cl)c(Br)cc12)c1ccccc1F. The standard InChI is InChI=1S/C17H12BrCl2FN2/c1-9(10-4-2-3-5-15(10)21)23-17-11-6-12(18)13(19)7-16(11)22-8-14(17)20/h2-9H,1H3,(H,22,23). The van der Waals surface area contributed by atoms with Crippen LogP contribution in [0.3, 0.4) is 0 Å². The second-order valence-corrected chi connectivity index (χ2v) is 6.82. The van der Waals surface area contributed by atoms with E-state index in [0.29, 0.717) is 26.8 Å². The summed E-state index contributed by atoms with van der Waals surface area (Å²) in [5.74, 6) is -0.258. The summed E-state index contributed by atoms with van der Waals surface area (Å²) in [5.41, 5.74) is 1.98. The number of hydrogen-bond donors (Lipinski definition) is 1. The largest absolute Gasteiger partial charge is 0.377 e. The quantitative estimate of drug-likeness (QED) is 0.522. The molecule has 0 aliphatic carbocycles. The van der Waals surface area contributed by atoms with Crippen molar-refractivity contribution in [1.82, 2.24) is 4.98 Å². The molecule has 2 aromatic carbocycles. The van der Waals surface area contributed by atoms with Crippen LogP contribution >= 0.6 is 39.1 Å². The maximum atomic E-state index is 14.0. The highest BCUT2D eigenvalue weighted by Crippen LogP contribution is 2.36. The second-order valence-electron chi connectivity index (χ2n) is 5.15. The summed E-state index contributed by atoms with van der Waals surface area (Å²) >= 11 is 15.8. The fraction of sp³-hybridized carbons (Fsp3) is 0.118. The van der Waals surface area contributed by atoms with Crippen molar-refractivity contribution in [3.63, 3.8) is 0 Å². The molecule has 6 heteroatoms. The Morgan fingerprint density at radius 1 is 1.17 bits per heavy atom. The molecule has 0 bridgehead atoms. The molecule has 1 N–H and O–H groups in total. The van der Waals surface area contributed by atoms with Crippen molar-refractivity contribution in [2.24, 2.45) is 0 Å². The van der Waals surface area contributed by atoms with E-state index in [-0.39, 0.29) is 11.9 Å². The number of aromatic nitrogens is 1. The summed E-state index contributed by atoms with van der Waals surface area (Å²) in [6.45, 7) is 1.88. The Kier molecular flexibility index (Phi) is 4.76. The predicted octanol–water partition coefficient (Wildman–Crippen LogP) is 6.62. The lowest BCUT2D eigenvalue weighted by Crippen LogP contribution is -2.09. The van der Waals surface area contributed by atoms with E-state index in [1.54, 1.807) is 30.5 Å². The fourth-order valence-electron chi connectivity index (χ4n) is 2.43. The predicted molar refractivity (Wildman–Crippen MR) is 97.9 cm³/mol. The number of fused-ring (bicyclic) bond motifs is 1. The molecule has 0 amide bonds. The lowest BCUT2D eigenvalue weighted by atomic mass is 10.1. The Hall–Kier alpha value is -1.36. The highest BCUT2D eigenvalue weighted by molar-refractivity contribution is 9.10. The molecule has 3 aromatic rings. The van der Waals surface area contributed by atoms with Crippen LogP contribution in [0, 0.1) is 5.82 Å². The van der Waals surface area contributed by atoms with Crippen LogP contribution in [0.4, 0.5) is 10.1 Å². The van der Waals surface area contributed by atoms with Crippen molar-refractivity contribution in [1.29, 1.82) is 0 Å². The van der Waals surface area contributed by atoms with Gasteiger partial charge in [-0.2, -0.15) is 0 Å². The average Bonchev–Trinajstić information content (AvgIpc) is 2.52. The average molecular weight is 414 g/mol. The maximum absolute atomic E-state index is 14.0. The Morgan fingerprint density at radius 3 is 2.65 bits per heavy atom. The third-order valence-electron chi connectivity index (χ3n) is 3.60. The topological polar surface area (TPSA) is 24.9 Å². The Balaban J connectivity index is 2.07. The van der Waals surface area contributed by atoms with Gasteiger partial charge in [0.2, 0.25) is 0 Å². The minimum absolute atomic E-state index is 0.256. The third kappa shape index (κ3) is 3.30. The van der Waals surface area contributed by atoms with Gasteiger partial charge in [-0.25, -0.2) is 4.39 Å². The molecule has 0 saturated heterocycles. The molecular weight excluding hydrogens is 402 g/mol. The van der Waals surface area contributed by atoms with Crippen molar-refractivity contribution >= 4 is 55.7 Å². The molecule has 0 radical (unpaired) electrons. The van der Waals surface area contributed by atoms with Gasteiger partial charge in [-0.3, -0.25) is 4.98 Å². The number of benzene rings is 2. The number of nitrogens with one attached hydrogen (secondary N) is 1. The minimum atomic E-state index is -0.258. The third-order valence-corrected chi connectivity index (χ3v) is 5.08. The number of nitrogens with zero attached hydrogens (tertiary/aromatic N) is 1. The Morgan fingerprint density at radius 2 is 1.91 bits per heavy atom.